The van der Waals surface area contributed by atoms with E-state index in [1.165, 1.54) is 0 Å². The average Bonchev–Trinajstić information content (AvgIpc) is 2.42. The van der Waals surface area contributed by atoms with Crippen molar-refractivity contribution in [2.75, 3.05) is 6.61 Å². The van der Waals surface area contributed by atoms with E-state index in [1.807, 2.05) is 24.3 Å². The van der Waals surface area contributed by atoms with E-state index in [-0.39, 0.29) is 5.97 Å². The molecule has 0 aliphatic carbocycles. The number of cyclic esters (lactones) is 1. The highest BCUT2D eigenvalue weighted by Gasteiger charge is 2.52. The first-order valence-corrected chi connectivity index (χ1v) is 6.58. The number of rotatable bonds is 2. The Balaban J connectivity index is 2.12. The second kappa shape index (κ2) is 4.55. The Hall–Kier alpha value is -1.51. The van der Waals surface area contributed by atoms with Gasteiger partial charge in [0, 0.05) is 10.0 Å². The average molecular weight is 293 g/mol. The van der Waals surface area contributed by atoms with Gasteiger partial charge in [0.15, 0.2) is 5.41 Å². The van der Waals surface area contributed by atoms with Crippen LogP contribution in [0.5, 0.6) is 0 Å². The van der Waals surface area contributed by atoms with Crippen LogP contribution in [-0.2, 0) is 14.9 Å². The highest BCUT2D eigenvalue weighted by atomic mass is 35.5. The fourth-order valence-electron chi connectivity index (χ4n) is 2.31. The van der Waals surface area contributed by atoms with Crippen molar-refractivity contribution in [3.8, 4) is 0 Å². The number of benzene rings is 2. The Morgan fingerprint density at radius 1 is 0.842 bits per heavy atom. The maximum absolute atomic E-state index is 12.0. The van der Waals surface area contributed by atoms with Gasteiger partial charge in [-0.1, -0.05) is 47.5 Å². The van der Waals surface area contributed by atoms with E-state index < -0.39 is 5.41 Å². The minimum atomic E-state index is -0.727. The van der Waals surface area contributed by atoms with Gasteiger partial charge in [0.2, 0.25) is 0 Å². The summed E-state index contributed by atoms with van der Waals surface area (Å²) in [6.45, 7) is 0.342. The van der Waals surface area contributed by atoms with Gasteiger partial charge in [0.05, 0.1) is 0 Å². The van der Waals surface area contributed by atoms with E-state index in [1.54, 1.807) is 24.3 Å². The number of esters is 1. The molecule has 1 aliphatic heterocycles. The molecular formula is C15H10Cl2O2. The number of hydrogen-bond acceptors (Lipinski definition) is 2. The summed E-state index contributed by atoms with van der Waals surface area (Å²) in [5, 5.41) is 1.28. The van der Waals surface area contributed by atoms with Crippen LogP contribution in [0, 0.1) is 0 Å². The predicted octanol–water partition coefficient (Wildman–Crippen LogP) is 3.84. The largest absolute Gasteiger partial charge is 0.463 e. The van der Waals surface area contributed by atoms with Crippen LogP contribution in [-0.4, -0.2) is 12.6 Å². The van der Waals surface area contributed by atoms with Gasteiger partial charge >= 0.3 is 5.97 Å². The molecule has 0 amide bonds. The number of carbonyl (C=O) groups excluding carboxylic acids is 1. The maximum atomic E-state index is 12.0. The zero-order valence-corrected chi connectivity index (χ0v) is 11.4. The number of carbonyl (C=O) groups is 1. The quantitative estimate of drug-likeness (QED) is 0.786. The first kappa shape index (κ1) is 12.5. The molecule has 0 aromatic heterocycles. The molecule has 4 heteroatoms. The zero-order chi connectivity index (χ0) is 13.5. The van der Waals surface area contributed by atoms with Gasteiger partial charge in [0.1, 0.15) is 6.61 Å². The van der Waals surface area contributed by atoms with Crippen molar-refractivity contribution >= 4 is 29.2 Å². The molecule has 2 aromatic rings. The third kappa shape index (κ3) is 1.92. The second-order valence-corrected chi connectivity index (χ2v) is 5.37. The van der Waals surface area contributed by atoms with Gasteiger partial charge in [-0.15, -0.1) is 0 Å². The molecule has 0 saturated carbocycles. The molecule has 0 bridgehead atoms. The van der Waals surface area contributed by atoms with E-state index in [2.05, 4.69) is 0 Å². The lowest BCUT2D eigenvalue weighted by Gasteiger charge is -2.40. The topological polar surface area (TPSA) is 26.3 Å². The van der Waals surface area contributed by atoms with Crippen LogP contribution in [0.4, 0.5) is 0 Å². The molecule has 1 fully saturated rings. The van der Waals surface area contributed by atoms with Crippen molar-refractivity contribution in [1.82, 2.24) is 0 Å². The molecular weight excluding hydrogens is 283 g/mol. The molecule has 96 valence electrons. The Bertz CT molecular complexity index is 572. The van der Waals surface area contributed by atoms with E-state index in [0.717, 1.165) is 11.1 Å². The molecule has 0 radical (unpaired) electrons. The summed E-state index contributed by atoms with van der Waals surface area (Å²) in [4.78, 5) is 12.0. The third-order valence-electron chi connectivity index (χ3n) is 3.44. The van der Waals surface area contributed by atoms with Crippen LogP contribution in [0.25, 0.3) is 0 Å². The lowest BCUT2D eigenvalue weighted by atomic mass is 9.72. The van der Waals surface area contributed by atoms with Gasteiger partial charge in [-0.2, -0.15) is 0 Å². The summed E-state index contributed by atoms with van der Waals surface area (Å²) >= 11 is 11.8. The van der Waals surface area contributed by atoms with Crippen molar-refractivity contribution in [3.05, 3.63) is 69.7 Å². The smallest absolute Gasteiger partial charge is 0.324 e. The SMILES string of the molecule is O=C1OCC1(c1ccc(Cl)cc1)c1ccc(Cl)cc1. The molecule has 3 rings (SSSR count). The second-order valence-electron chi connectivity index (χ2n) is 4.50. The normalized spacial score (nSPS) is 16.6. The minimum Gasteiger partial charge on any atom is -0.463 e. The van der Waals surface area contributed by atoms with Crippen LogP contribution in [0.1, 0.15) is 11.1 Å². The number of hydrogen-bond donors (Lipinski definition) is 0. The van der Waals surface area contributed by atoms with Gasteiger partial charge in [-0.25, -0.2) is 0 Å². The molecule has 19 heavy (non-hydrogen) atoms. The van der Waals surface area contributed by atoms with Crippen LogP contribution in [0.3, 0.4) is 0 Å². The van der Waals surface area contributed by atoms with E-state index >= 15 is 0 Å². The van der Waals surface area contributed by atoms with Gasteiger partial charge in [0.25, 0.3) is 0 Å². The molecule has 0 unspecified atom stereocenters. The van der Waals surface area contributed by atoms with Gasteiger partial charge in [-0.05, 0) is 35.4 Å². The van der Waals surface area contributed by atoms with Gasteiger partial charge in [-0.3, -0.25) is 4.79 Å². The third-order valence-corrected chi connectivity index (χ3v) is 3.95. The van der Waals surface area contributed by atoms with Crippen molar-refractivity contribution in [2.24, 2.45) is 0 Å². The van der Waals surface area contributed by atoms with Crippen LogP contribution < -0.4 is 0 Å². The Morgan fingerprint density at radius 3 is 1.53 bits per heavy atom. The number of ether oxygens (including phenoxy) is 1. The van der Waals surface area contributed by atoms with E-state index in [4.69, 9.17) is 27.9 Å². The van der Waals surface area contributed by atoms with Crippen molar-refractivity contribution < 1.29 is 9.53 Å². The highest BCUT2D eigenvalue weighted by Crippen LogP contribution is 2.41. The maximum Gasteiger partial charge on any atom is 0.324 e. The molecule has 2 nitrogen and oxygen atoms in total. The fourth-order valence-corrected chi connectivity index (χ4v) is 2.57. The van der Waals surface area contributed by atoms with Crippen LogP contribution in [0.2, 0.25) is 10.0 Å². The first-order valence-electron chi connectivity index (χ1n) is 5.82. The summed E-state index contributed by atoms with van der Waals surface area (Å²) in [6.07, 6.45) is 0. The summed E-state index contributed by atoms with van der Waals surface area (Å²) in [5.41, 5.74) is 1.04. The first-order chi connectivity index (χ1) is 9.13. The highest BCUT2D eigenvalue weighted by molar-refractivity contribution is 6.30. The molecule has 0 N–H and O–H groups in total. The standard InChI is InChI=1S/C15H10Cl2O2/c16-12-5-1-10(2-6-12)15(9-19-14(15)18)11-3-7-13(17)8-4-11/h1-8H,9H2. The van der Waals surface area contributed by atoms with E-state index in [0.29, 0.717) is 16.7 Å². The molecule has 1 heterocycles. The summed E-state index contributed by atoms with van der Waals surface area (Å²) in [5.74, 6) is -0.239. The predicted molar refractivity (Wildman–Crippen MR) is 74.6 cm³/mol. The molecule has 2 aromatic carbocycles. The Labute approximate surface area is 120 Å². The lowest BCUT2D eigenvalue weighted by molar-refractivity contribution is -0.169. The number of halogens is 2. The van der Waals surface area contributed by atoms with E-state index in [9.17, 15) is 4.79 Å². The monoisotopic (exact) mass is 292 g/mol. The lowest BCUT2D eigenvalue weighted by Crippen LogP contribution is -2.52. The summed E-state index contributed by atoms with van der Waals surface area (Å²) in [7, 11) is 0. The van der Waals surface area contributed by atoms with Crippen molar-refractivity contribution in [2.45, 2.75) is 5.41 Å². The summed E-state index contributed by atoms with van der Waals surface area (Å²) in [6, 6.07) is 14.5. The van der Waals surface area contributed by atoms with Crippen LogP contribution >= 0.6 is 23.2 Å². The molecule has 0 atom stereocenters. The zero-order valence-electron chi connectivity index (χ0n) is 9.90. The Morgan fingerprint density at radius 2 is 1.26 bits per heavy atom. The minimum absolute atomic E-state index is 0.239. The molecule has 1 saturated heterocycles. The Kier molecular flexibility index (Phi) is 3.00. The van der Waals surface area contributed by atoms with Crippen molar-refractivity contribution in [3.63, 3.8) is 0 Å². The van der Waals surface area contributed by atoms with Crippen LogP contribution in [0.15, 0.2) is 48.5 Å². The van der Waals surface area contributed by atoms with Gasteiger partial charge < -0.3 is 4.74 Å². The molecule has 1 aliphatic rings. The molecule has 0 spiro atoms. The summed E-state index contributed by atoms with van der Waals surface area (Å²) < 4.78 is 5.01. The fraction of sp³-hybridized carbons (Fsp3) is 0.133. The van der Waals surface area contributed by atoms with Crippen molar-refractivity contribution in [1.29, 1.82) is 0 Å².